The van der Waals surface area contributed by atoms with Gasteiger partial charge in [0.05, 0.1) is 39.1 Å². The summed E-state index contributed by atoms with van der Waals surface area (Å²) in [6, 6.07) is 70.8. The summed E-state index contributed by atoms with van der Waals surface area (Å²) >= 11 is 0. The van der Waals surface area contributed by atoms with Crippen LogP contribution in [0.5, 0.6) is 0 Å². The third-order valence-electron chi connectivity index (χ3n) is 15.7. The lowest BCUT2D eigenvalue weighted by molar-refractivity contribution is -0.0419. The molecule has 4 saturated carbocycles. The minimum absolute atomic E-state index is 0.0996. The van der Waals surface area contributed by atoms with Gasteiger partial charge in [0.25, 0.3) is 0 Å². The molecule has 3 heterocycles. The van der Waals surface area contributed by atoms with E-state index in [0.717, 1.165) is 29.4 Å². The quantitative estimate of drug-likeness (QED) is 0.173. The second-order valence-electron chi connectivity index (χ2n) is 18.5. The summed E-state index contributed by atoms with van der Waals surface area (Å²) in [5, 5.41) is 5.09. The van der Waals surface area contributed by atoms with Gasteiger partial charge in [-0.3, -0.25) is 0 Å². The Balaban J connectivity index is 0.929. The van der Waals surface area contributed by atoms with Gasteiger partial charge in [-0.05, 0) is 139 Å². The SMILES string of the molecule is c1cc(-c2ccccc2-n2c3ccccc3c3ccccc32)cc(-n2c3ccccc3c3cc(N4c5ccccc5C5(c6ccccc64)C4CC6C[C@H](C4)C[C@H]5C6)ccc32)c1. The van der Waals surface area contributed by atoms with Crippen molar-refractivity contribution in [3.8, 4) is 22.5 Å². The Morgan fingerprint density at radius 3 is 1.51 bits per heavy atom. The predicted octanol–water partition coefficient (Wildman–Crippen LogP) is 15.1. The van der Waals surface area contributed by atoms with Gasteiger partial charge in [0.1, 0.15) is 0 Å². The Hall–Kier alpha value is -6.84. The lowest BCUT2D eigenvalue weighted by atomic mass is 9.41. The van der Waals surface area contributed by atoms with Gasteiger partial charge in [-0.15, -0.1) is 0 Å². The van der Waals surface area contributed by atoms with Crippen molar-refractivity contribution in [2.45, 2.75) is 37.5 Å². The van der Waals surface area contributed by atoms with Crippen LogP contribution in [-0.2, 0) is 5.41 Å². The number of nitrogens with zero attached hydrogens (tertiary/aromatic N) is 3. The number of anilines is 3. The molecular formula is C58H45N3. The zero-order chi connectivity index (χ0) is 39.8. The molecule has 3 nitrogen and oxygen atoms in total. The minimum Gasteiger partial charge on any atom is -0.310 e. The molecular weight excluding hydrogens is 739 g/mol. The maximum atomic E-state index is 2.60. The van der Waals surface area contributed by atoms with Crippen molar-refractivity contribution in [1.82, 2.24) is 9.13 Å². The van der Waals surface area contributed by atoms with E-state index in [0.29, 0.717) is 0 Å². The number of fused-ring (bicyclic) bond motifs is 8. The summed E-state index contributed by atoms with van der Waals surface area (Å²) in [5.74, 6) is 3.28. The number of hydrogen-bond acceptors (Lipinski definition) is 1. The molecule has 0 radical (unpaired) electrons. The van der Waals surface area contributed by atoms with Crippen LogP contribution in [0, 0.1) is 23.7 Å². The number of aromatic nitrogens is 2. The van der Waals surface area contributed by atoms with Crippen molar-refractivity contribution in [2.75, 3.05) is 4.90 Å². The highest BCUT2D eigenvalue weighted by Crippen LogP contribution is 2.69. The summed E-state index contributed by atoms with van der Waals surface area (Å²) in [6.45, 7) is 0. The molecule has 61 heavy (non-hydrogen) atoms. The summed E-state index contributed by atoms with van der Waals surface area (Å²) < 4.78 is 4.92. The molecule has 4 bridgehead atoms. The van der Waals surface area contributed by atoms with E-state index in [-0.39, 0.29) is 5.41 Å². The molecule has 15 rings (SSSR count). The van der Waals surface area contributed by atoms with Crippen LogP contribution in [0.15, 0.2) is 188 Å². The van der Waals surface area contributed by atoms with Gasteiger partial charge in [-0.2, -0.15) is 0 Å². The van der Waals surface area contributed by atoms with Crippen molar-refractivity contribution in [3.63, 3.8) is 0 Å². The molecule has 1 aliphatic heterocycles. The highest BCUT2D eigenvalue weighted by molar-refractivity contribution is 6.12. The third-order valence-corrected chi connectivity index (χ3v) is 15.7. The third kappa shape index (κ3) is 4.59. The van der Waals surface area contributed by atoms with Gasteiger partial charge >= 0.3 is 0 Å². The number of benzene rings is 8. The van der Waals surface area contributed by atoms with E-state index in [1.807, 2.05) is 0 Å². The Kier molecular flexibility index (Phi) is 7.01. The highest BCUT2D eigenvalue weighted by atomic mass is 15.2. The standard InChI is InChI=1S/C58H45N3/c1-7-22-51(61-53-24-9-2-17-45(53)46-18-3-10-25-54(46)61)44(16-1)39-14-13-15-42(35-39)59-52-23-8-4-19-47(52)48-36-43(28-29-55(48)59)60-56-26-11-5-20-49(56)58(50-21-6-12-27-57(50)60)40-31-37-30-38(33-40)34-41(58)32-37/h1-29,35-38,40-41H,30-34H2/t37-,38?,40-,41?/m0/s1. The fourth-order valence-corrected chi connectivity index (χ4v) is 13.7. The second-order valence-corrected chi connectivity index (χ2v) is 18.5. The zero-order valence-corrected chi connectivity index (χ0v) is 34.1. The monoisotopic (exact) mass is 783 g/mol. The summed E-state index contributed by atoms with van der Waals surface area (Å²) in [5.41, 5.74) is 16.8. The fraction of sp³-hybridized carbons (Fsp3) is 0.172. The van der Waals surface area contributed by atoms with Crippen molar-refractivity contribution < 1.29 is 0 Å². The van der Waals surface area contributed by atoms with E-state index in [1.165, 1.54) is 110 Å². The first-order valence-electron chi connectivity index (χ1n) is 22.4. The van der Waals surface area contributed by atoms with Gasteiger partial charge in [0.2, 0.25) is 0 Å². The van der Waals surface area contributed by atoms with Crippen molar-refractivity contribution >= 4 is 60.7 Å². The molecule has 0 N–H and O–H groups in total. The largest absolute Gasteiger partial charge is 0.310 e. The minimum atomic E-state index is 0.0996. The summed E-state index contributed by atoms with van der Waals surface area (Å²) in [7, 11) is 0. The molecule has 8 aromatic carbocycles. The normalized spacial score (nSPS) is 20.9. The number of rotatable bonds is 4. The molecule has 3 heteroatoms. The van der Waals surface area contributed by atoms with E-state index in [2.05, 4.69) is 202 Å². The van der Waals surface area contributed by atoms with Crippen LogP contribution < -0.4 is 4.90 Å². The van der Waals surface area contributed by atoms with Crippen LogP contribution in [0.1, 0.15) is 43.2 Å². The smallest absolute Gasteiger partial charge is 0.0542 e. The second kappa shape index (κ2) is 12.6. The van der Waals surface area contributed by atoms with Gasteiger partial charge < -0.3 is 14.0 Å². The molecule has 0 saturated heterocycles. The van der Waals surface area contributed by atoms with Crippen LogP contribution in [0.4, 0.5) is 17.1 Å². The first-order valence-corrected chi connectivity index (χ1v) is 22.4. The van der Waals surface area contributed by atoms with Crippen molar-refractivity contribution in [3.05, 3.63) is 199 Å². The van der Waals surface area contributed by atoms with Gasteiger partial charge in [-0.25, -0.2) is 0 Å². The Labute approximate surface area is 356 Å². The number of para-hydroxylation sites is 6. The molecule has 5 aliphatic rings. The van der Waals surface area contributed by atoms with E-state index in [1.54, 1.807) is 11.1 Å². The molecule has 2 aromatic heterocycles. The van der Waals surface area contributed by atoms with Crippen molar-refractivity contribution in [1.29, 1.82) is 0 Å². The maximum absolute atomic E-state index is 2.60. The predicted molar refractivity (Wildman–Crippen MR) is 253 cm³/mol. The van der Waals surface area contributed by atoms with Crippen LogP contribution in [-0.4, -0.2) is 9.13 Å². The van der Waals surface area contributed by atoms with E-state index in [4.69, 9.17) is 0 Å². The molecule has 0 amide bonds. The maximum Gasteiger partial charge on any atom is 0.0542 e. The van der Waals surface area contributed by atoms with E-state index >= 15 is 0 Å². The zero-order valence-electron chi connectivity index (χ0n) is 34.1. The molecule has 10 aromatic rings. The topological polar surface area (TPSA) is 13.1 Å². The molecule has 0 atom stereocenters. The average molecular weight is 784 g/mol. The van der Waals surface area contributed by atoms with Crippen LogP contribution in [0.25, 0.3) is 66.1 Å². The molecule has 4 fully saturated rings. The van der Waals surface area contributed by atoms with Crippen molar-refractivity contribution in [2.24, 2.45) is 23.7 Å². The Morgan fingerprint density at radius 2 is 0.869 bits per heavy atom. The van der Waals surface area contributed by atoms with Gasteiger partial charge in [-0.1, -0.05) is 121 Å². The summed E-state index contributed by atoms with van der Waals surface area (Å²) in [4.78, 5) is 2.60. The number of hydrogen-bond donors (Lipinski definition) is 0. The Bertz CT molecular complexity index is 3290. The molecule has 1 spiro atoms. The first-order chi connectivity index (χ1) is 30.2. The van der Waals surface area contributed by atoms with Gasteiger partial charge in [0.15, 0.2) is 0 Å². The van der Waals surface area contributed by atoms with Gasteiger partial charge in [0, 0.05) is 43.9 Å². The lowest BCUT2D eigenvalue weighted by Gasteiger charge is -2.64. The molecule has 4 aliphatic carbocycles. The fourth-order valence-electron chi connectivity index (χ4n) is 13.7. The van der Waals surface area contributed by atoms with Crippen LogP contribution in [0.3, 0.4) is 0 Å². The Morgan fingerprint density at radius 1 is 0.361 bits per heavy atom. The highest BCUT2D eigenvalue weighted by Gasteiger charge is 2.61. The lowest BCUT2D eigenvalue weighted by Crippen LogP contribution is -2.57. The summed E-state index contributed by atoms with van der Waals surface area (Å²) in [6.07, 6.45) is 7.00. The molecule has 0 unspecified atom stereocenters. The van der Waals surface area contributed by atoms with Crippen LogP contribution in [0.2, 0.25) is 0 Å². The average Bonchev–Trinajstić information content (AvgIpc) is 3.83. The molecule has 292 valence electrons. The van der Waals surface area contributed by atoms with Crippen LogP contribution >= 0.6 is 0 Å². The van der Waals surface area contributed by atoms with E-state index < -0.39 is 0 Å². The first kappa shape index (κ1) is 33.9. The van der Waals surface area contributed by atoms with E-state index in [9.17, 15) is 0 Å².